The average Bonchev–Trinajstić information content (AvgIpc) is 3.40. The first-order chi connectivity index (χ1) is 17.5. The minimum absolute atomic E-state index is 0.258. The molecule has 0 aliphatic carbocycles. The molecule has 5 nitrogen and oxygen atoms in total. The summed E-state index contributed by atoms with van der Waals surface area (Å²) in [6.45, 7) is 4.11. The predicted molar refractivity (Wildman–Crippen MR) is 144 cm³/mol. The molecule has 3 aromatic carbocycles. The molecule has 0 saturated carbocycles. The second-order valence-electron chi connectivity index (χ2n) is 8.41. The van der Waals surface area contributed by atoms with E-state index >= 15 is 0 Å². The molecule has 4 rings (SSSR count). The highest BCUT2D eigenvalue weighted by Gasteiger charge is 2.10. The van der Waals surface area contributed by atoms with Gasteiger partial charge < -0.3 is 14.6 Å². The number of rotatable bonds is 11. The SMILES string of the molecule is C=CC(=O)OCCCCCCOC(=O)c1ccc2cc(-c3ccc(-c4ccc(O)cc4)s3)ccc2c1. The quantitative estimate of drug-likeness (QED) is 0.132. The summed E-state index contributed by atoms with van der Waals surface area (Å²) in [7, 11) is 0. The number of esters is 2. The fourth-order valence-electron chi connectivity index (χ4n) is 3.84. The van der Waals surface area contributed by atoms with Crippen molar-refractivity contribution in [2.24, 2.45) is 0 Å². The van der Waals surface area contributed by atoms with Crippen molar-refractivity contribution in [1.29, 1.82) is 0 Å². The zero-order valence-corrected chi connectivity index (χ0v) is 20.8. The van der Waals surface area contributed by atoms with Crippen LogP contribution in [0.4, 0.5) is 0 Å². The number of carbonyl (C=O) groups is 2. The largest absolute Gasteiger partial charge is 0.508 e. The maximum atomic E-state index is 12.5. The highest BCUT2D eigenvalue weighted by Crippen LogP contribution is 2.36. The third-order valence-corrected chi connectivity index (χ3v) is 6.98. The van der Waals surface area contributed by atoms with E-state index < -0.39 is 5.97 Å². The van der Waals surface area contributed by atoms with Crippen molar-refractivity contribution in [3.8, 4) is 26.6 Å². The molecule has 0 aliphatic rings. The van der Waals surface area contributed by atoms with Gasteiger partial charge in [0.25, 0.3) is 0 Å². The van der Waals surface area contributed by atoms with Gasteiger partial charge in [0.2, 0.25) is 0 Å². The van der Waals surface area contributed by atoms with E-state index in [1.165, 1.54) is 0 Å². The van der Waals surface area contributed by atoms with Crippen LogP contribution in [-0.4, -0.2) is 30.3 Å². The summed E-state index contributed by atoms with van der Waals surface area (Å²) in [4.78, 5) is 25.7. The van der Waals surface area contributed by atoms with Gasteiger partial charge in [-0.3, -0.25) is 0 Å². The summed E-state index contributed by atoms with van der Waals surface area (Å²) < 4.78 is 10.4. The minimum atomic E-state index is -0.401. The summed E-state index contributed by atoms with van der Waals surface area (Å²) in [6, 6.07) is 23.3. The smallest absolute Gasteiger partial charge is 0.338 e. The van der Waals surface area contributed by atoms with Gasteiger partial charge in [0.15, 0.2) is 0 Å². The number of unbranched alkanes of at least 4 members (excludes halogenated alkanes) is 3. The number of aromatic hydroxyl groups is 1. The first kappa shape index (κ1) is 25.2. The molecule has 36 heavy (non-hydrogen) atoms. The van der Waals surface area contributed by atoms with Crippen molar-refractivity contribution in [2.75, 3.05) is 13.2 Å². The Morgan fingerprint density at radius 3 is 2.08 bits per heavy atom. The number of phenols is 1. The minimum Gasteiger partial charge on any atom is -0.508 e. The zero-order chi connectivity index (χ0) is 25.3. The van der Waals surface area contributed by atoms with Crippen LogP contribution < -0.4 is 0 Å². The Kier molecular flexibility index (Phi) is 8.53. The van der Waals surface area contributed by atoms with Gasteiger partial charge in [-0.25, -0.2) is 9.59 Å². The lowest BCUT2D eigenvalue weighted by Gasteiger charge is -2.07. The topological polar surface area (TPSA) is 72.8 Å². The van der Waals surface area contributed by atoms with Crippen LogP contribution in [0, 0.1) is 0 Å². The van der Waals surface area contributed by atoms with Crippen molar-refractivity contribution in [1.82, 2.24) is 0 Å². The van der Waals surface area contributed by atoms with Gasteiger partial charge in [0.05, 0.1) is 18.8 Å². The molecule has 1 N–H and O–H groups in total. The van der Waals surface area contributed by atoms with E-state index in [4.69, 9.17) is 9.47 Å². The first-order valence-electron chi connectivity index (χ1n) is 11.9. The maximum Gasteiger partial charge on any atom is 0.338 e. The summed E-state index contributed by atoms with van der Waals surface area (Å²) in [6.07, 6.45) is 4.51. The van der Waals surface area contributed by atoms with E-state index in [9.17, 15) is 14.7 Å². The van der Waals surface area contributed by atoms with E-state index in [2.05, 4.69) is 30.8 Å². The lowest BCUT2D eigenvalue weighted by atomic mass is 10.0. The van der Waals surface area contributed by atoms with Crippen molar-refractivity contribution in [2.45, 2.75) is 25.7 Å². The van der Waals surface area contributed by atoms with Gasteiger partial charge in [-0.05, 0) is 102 Å². The third-order valence-electron chi connectivity index (χ3n) is 5.80. The van der Waals surface area contributed by atoms with Crippen molar-refractivity contribution >= 4 is 34.0 Å². The molecule has 0 fully saturated rings. The maximum absolute atomic E-state index is 12.5. The number of hydrogen-bond acceptors (Lipinski definition) is 6. The van der Waals surface area contributed by atoms with Crippen molar-refractivity contribution in [3.05, 3.63) is 91.0 Å². The van der Waals surface area contributed by atoms with Crippen LogP contribution in [0.5, 0.6) is 5.75 Å². The molecule has 0 unspecified atom stereocenters. The Labute approximate surface area is 214 Å². The van der Waals surface area contributed by atoms with Crippen LogP contribution in [0.1, 0.15) is 36.0 Å². The lowest BCUT2D eigenvalue weighted by molar-refractivity contribution is -0.137. The van der Waals surface area contributed by atoms with Gasteiger partial charge in [0.1, 0.15) is 5.75 Å². The van der Waals surface area contributed by atoms with E-state index in [-0.39, 0.29) is 11.7 Å². The molecule has 0 atom stereocenters. The Morgan fingerprint density at radius 1 is 0.750 bits per heavy atom. The number of hydrogen-bond donors (Lipinski definition) is 1. The number of carbonyl (C=O) groups excluding carboxylic acids is 2. The third kappa shape index (κ3) is 6.61. The normalized spacial score (nSPS) is 10.8. The molecule has 1 aromatic heterocycles. The highest BCUT2D eigenvalue weighted by molar-refractivity contribution is 7.18. The van der Waals surface area contributed by atoms with Crippen molar-refractivity contribution < 1.29 is 24.2 Å². The van der Waals surface area contributed by atoms with Gasteiger partial charge >= 0.3 is 11.9 Å². The molecule has 0 amide bonds. The molecular weight excluding hydrogens is 472 g/mol. The van der Waals surface area contributed by atoms with Gasteiger partial charge in [0, 0.05) is 15.8 Å². The van der Waals surface area contributed by atoms with Gasteiger partial charge in [-0.15, -0.1) is 11.3 Å². The second kappa shape index (κ2) is 12.2. The second-order valence-corrected chi connectivity index (χ2v) is 9.49. The predicted octanol–water partition coefficient (Wildman–Crippen LogP) is 7.39. The number of phenolic OH excluding ortho intramolecular Hbond substituents is 1. The van der Waals surface area contributed by atoms with E-state index in [0.717, 1.165) is 63.4 Å². The molecule has 6 heteroatoms. The highest BCUT2D eigenvalue weighted by atomic mass is 32.1. The van der Waals surface area contributed by atoms with Crippen LogP contribution in [0.15, 0.2) is 85.5 Å². The molecule has 184 valence electrons. The number of thiophene rings is 1. The van der Waals surface area contributed by atoms with Crippen LogP contribution in [-0.2, 0) is 14.3 Å². The number of ether oxygens (including phenoxy) is 2. The summed E-state index contributed by atoms with van der Waals surface area (Å²) in [5.74, 6) is -0.464. The van der Waals surface area contributed by atoms with Gasteiger partial charge in [-0.1, -0.05) is 24.8 Å². The molecule has 0 saturated heterocycles. The number of benzene rings is 3. The monoisotopic (exact) mass is 500 g/mol. The molecule has 4 aromatic rings. The van der Waals surface area contributed by atoms with Gasteiger partial charge in [-0.2, -0.15) is 0 Å². The van der Waals surface area contributed by atoms with Crippen LogP contribution >= 0.6 is 11.3 Å². The lowest BCUT2D eigenvalue weighted by Crippen LogP contribution is -2.06. The van der Waals surface area contributed by atoms with Crippen LogP contribution in [0.3, 0.4) is 0 Å². The number of fused-ring (bicyclic) bond motifs is 1. The summed E-state index contributed by atoms with van der Waals surface area (Å²) in [5, 5.41) is 11.6. The van der Waals surface area contributed by atoms with E-state index in [1.807, 2.05) is 30.3 Å². The van der Waals surface area contributed by atoms with Crippen LogP contribution in [0.2, 0.25) is 0 Å². The Balaban J connectivity index is 1.30. The summed E-state index contributed by atoms with van der Waals surface area (Å²) in [5.41, 5.74) is 2.73. The standard InChI is InChI=1S/C30H28O5S/c1-2-29(32)34-17-5-3-4-6-18-35-30(33)25-10-8-22-19-24(9-7-23(22)20-25)28-16-15-27(36-28)21-11-13-26(31)14-12-21/h2,7-16,19-20,31H,1,3-6,17-18H2. The molecule has 0 bridgehead atoms. The molecule has 0 radical (unpaired) electrons. The van der Waals surface area contributed by atoms with Crippen LogP contribution in [0.25, 0.3) is 31.7 Å². The Hall–Kier alpha value is -3.90. The average molecular weight is 501 g/mol. The zero-order valence-electron chi connectivity index (χ0n) is 19.9. The molecule has 1 heterocycles. The Morgan fingerprint density at radius 2 is 1.36 bits per heavy atom. The first-order valence-corrected chi connectivity index (χ1v) is 12.7. The van der Waals surface area contributed by atoms with E-state index in [0.29, 0.717) is 18.8 Å². The van der Waals surface area contributed by atoms with E-state index in [1.54, 1.807) is 29.5 Å². The molecular formula is C30H28O5S. The summed E-state index contributed by atoms with van der Waals surface area (Å²) >= 11 is 1.70. The fraction of sp³-hybridized carbons (Fsp3) is 0.200. The van der Waals surface area contributed by atoms with Crippen molar-refractivity contribution in [3.63, 3.8) is 0 Å². The fourth-order valence-corrected chi connectivity index (χ4v) is 4.85. The molecule has 0 aliphatic heterocycles. The Bertz CT molecular complexity index is 1350. The molecule has 0 spiro atoms.